The number of allylic oxidation sites excluding steroid dienone is 1. The summed E-state index contributed by atoms with van der Waals surface area (Å²) < 4.78 is 0. The summed E-state index contributed by atoms with van der Waals surface area (Å²) in [4.78, 5) is 0. The van der Waals surface area contributed by atoms with E-state index in [0.29, 0.717) is 0 Å². The zero-order valence-corrected chi connectivity index (χ0v) is 8.21. The first-order chi connectivity index (χ1) is 3.66. The average molecular weight is 126 g/mol. The second-order valence-corrected chi connectivity index (χ2v) is 2.97. The van der Waals surface area contributed by atoms with Crippen LogP contribution in [-0.2, 0) is 0 Å². The van der Waals surface area contributed by atoms with Gasteiger partial charge in [-0.15, -0.1) is 5.73 Å². The fraction of sp³-hybridized carbons (Fsp3) is 0.571. The average Bonchev–Trinajstić information content (AvgIpc) is 1.65. The van der Waals surface area contributed by atoms with Crippen molar-refractivity contribution in [2.24, 2.45) is 0 Å². The molecule has 0 amide bonds. The molecule has 0 N–H and O–H groups in total. The highest BCUT2D eigenvalue weighted by Gasteiger charge is 1.77. The molecule has 0 saturated heterocycles. The first-order valence-corrected chi connectivity index (χ1v) is 4.47. The van der Waals surface area contributed by atoms with Gasteiger partial charge in [0.25, 0.3) is 0 Å². The summed E-state index contributed by atoms with van der Waals surface area (Å²) >= 11 is 0. The van der Waals surface area contributed by atoms with E-state index in [0.717, 1.165) is 0 Å². The lowest BCUT2D eigenvalue weighted by Gasteiger charge is -1.85. The Morgan fingerprint density at radius 2 is 1.88 bits per heavy atom. The first kappa shape index (κ1) is 7.74. The van der Waals surface area contributed by atoms with Crippen LogP contribution in [0.15, 0.2) is 16.9 Å². The fourth-order valence-corrected chi connectivity index (χ4v) is 0.692. The Kier molecular flexibility index (Phi) is 3.58. The van der Waals surface area contributed by atoms with Gasteiger partial charge in [0.15, 0.2) is 0 Å². The molecule has 0 radical (unpaired) electrons. The maximum Gasteiger partial charge on any atom is 0.00870 e. The van der Waals surface area contributed by atoms with Gasteiger partial charge in [-0.2, -0.15) is 0 Å². The van der Waals surface area contributed by atoms with E-state index in [1.807, 2.05) is 0 Å². The Bertz CT molecular complexity index is 123. The quantitative estimate of drug-likeness (QED) is 0.367. The molecule has 0 aromatic rings. The van der Waals surface area contributed by atoms with Crippen molar-refractivity contribution in [3.05, 3.63) is 16.9 Å². The lowest BCUT2D eigenvalue weighted by Crippen LogP contribution is -1.69. The van der Waals surface area contributed by atoms with Crippen LogP contribution in [0.4, 0.5) is 0 Å². The van der Waals surface area contributed by atoms with Crippen LogP contribution in [0.3, 0.4) is 0 Å². The first-order valence-electron chi connectivity index (χ1n) is 3.06. The van der Waals surface area contributed by atoms with E-state index in [1.54, 1.807) is 0 Å². The second kappa shape index (κ2) is 3.70. The van der Waals surface area contributed by atoms with Crippen molar-refractivity contribution in [2.75, 3.05) is 0 Å². The van der Waals surface area contributed by atoms with E-state index in [9.17, 15) is 0 Å². The van der Waals surface area contributed by atoms with Gasteiger partial charge in [0.05, 0.1) is 0 Å². The summed E-state index contributed by atoms with van der Waals surface area (Å²) in [6.07, 6.45) is 0. The van der Waals surface area contributed by atoms with Gasteiger partial charge in [0, 0.05) is 10.2 Å². The van der Waals surface area contributed by atoms with E-state index in [-0.39, 0.29) is 0 Å². The zero-order chi connectivity index (χ0) is 6.57. The van der Waals surface area contributed by atoms with Gasteiger partial charge >= 0.3 is 0 Å². The minimum Gasteiger partial charge on any atom is -0.124 e. The maximum atomic E-state index is 3.26. The predicted octanol–water partition coefficient (Wildman–Crippen LogP) is 1.28. The second-order valence-electron chi connectivity index (χ2n) is 2.26. The third-order valence-corrected chi connectivity index (χ3v) is 2.05. The molecule has 0 aliphatic rings. The molecule has 0 unspecified atom stereocenters. The van der Waals surface area contributed by atoms with Crippen molar-refractivity contribution in [1.82, 2.24) is 0 Å². The van der Waals surface area contributed by atoms with Gasteiger partial charge in [-0.25, -0.2) is 0 Å². The van der Waals surface area contributed by atoms with Crippen LogP contribution < -0.4 is 0 Å². The standard InChI is InChI=1S/C7H14Si/c1-6(2)4-7(3)5-8/h5H2,1-3,8H3. The Labute approximate surface area is 54.7 Å². The van der Waals surface area contributed by atoms with Crippen molar-refractivity contribution in [3.8, 4) is 0 Å². The summed E-state index contributed by atoms with van der Waals surface area (Å²) in [7, 11) is 1.27. The van der Waals surface area contributed by atoms with E-state index >= 15 is 0 Å². The zero-order valence-electron chi connectivity index (χ0n) is 6.21. The van der Waals surface area contributed by atoms with E-state index in [2.05, 4.69) is 26.5 Å². The summed E-state index contributed by atoms with van der Waals surface area (Å²) in [5.74, 6) is 0. The highest BCUT2D eigenvalue weighted by Crippen LogP contribution is 1.95. The molecule has 0 aliphatic heterocycles. The van der Waals surface area contributed by atoms with Gasteiger partial charge in [-0.05, 0) is 38.0 Å². The molecule has 8 heavy (non-hydrogen) atoms. The van der Waals surface area contributed by atoms with Crippen molar-refractivity contribution in [2.45, 2.75) is 26.8 Å². The molecule has 0 aliphatic carbocycles. The van der Waals surface area contributed by atoms with Crippen LogP contribution in [0.5, 0.6) is 0 Å². The monoisotopic (exact) mass is 126 g/mol. The van der Waals surface area contributed by atoms with Crippen LogP contribution in [0.2, 0.25) is 6.04 Å². The van der Waals surface area contributed by atoms with E-state index < -0.39 is 0 Å². The molecule has 46 valence electrons. The topological polar surface area (TPSA) is 0 Å². The van der Waals surface area contributed by atoms with Crippen LogP contribution in [-0.4, -0.2) is 10.2 Å². The molecular formula is C7H14Si. The Balaban J connectivity index is 4.13. The highest BCUT2D eigenvalue weighted by molar-refractivity contribution is 6.10. The molecule has 1 heteroatoms. The summed E-state index contributed by atoms with van der Waals surface area (Å²) in [6, 6.07) is 1.26. The van der Waals surface area contributed by atoms with E-state index in [1.165, 1.54) is 27.4 Å². The van der Waals surface area contributed by atoms with Crippen LogP contribution in [0.1, 0.15) is 20.8 Å². The molecule has 0 heterocycles. The lowest BCUT2D eigenvalue weighted by molar-refractivity contribution is 1.33. The molecule has 0 nitrogen and oxygen atoms in total. The fourth-order valence-electron chi connectivity index (χ4n) is 0.515. The van der Waals surface area contributed by atoms with Gasteiger partial charge in [-0.1, -0.05) is 0 Å². The number of rotatable bonds is 1. The molecule has 0 saturated carbocycles. The molecule has 0 bridgehead atoms. The predicted molar refractivity (Wildman–Crippen MR) is 42.3 cm³/mol. The van der Waals surface area contributed by atoms with Gasteiger partial charge in [0.2, 0.25) is 0 Å². The summed E-state index contributed by atoms with van der Waals surface area (Å²) in [6.45, 7) is 6.31. The molecule has 0 spiro atoms. The Morgan fingerprint density at radius 1 is 1.38 bits per heavy atom. The van der Waals surface area contributed by atoms with Gasteiger partial charge < -0.3 is 0 Å². The molecule has 0 aromatic carbocycles. The summed E-state index contributed by atoms with van der Waals surface area (Å²) in [5.41, 5.74) is 5.95. The SMILES string of the molecule is CC(C)=C=C(C)C[SiH3]. The third-order valence-electron chi connectivity index (χ3n) is 0.994. The minimum absolute atomic E-state index is 1.26. The number of hydrogen-bond donors (Lipinski definition) is 0. The third kappa shape index (κ3) is 3.91. The molecule has 0 atom stereocenters. The van der Waals surface area contributed by atoms with Crippen molar-refractivity contribution >= 4 is 10.2 Å². The smallest absolute Gasteiger partial charge is 0.00870 e. The highest BCUT2D eigenvalue weighted by atomic mass is 28.1. The van der Waals surface area contributed by atoms with Crippen LogP contribution >= 0.6 is 0 Å². The molecule has 0 fully saturated rings. The van der Waals surface area contributed by atoms with Crippen LogP contribution in [0, 0.1) is 0 Å². The Hall–Kier alpha value is -0.263. The normalized spacial score (nSPS) is 8.38. The lowest BCUT2D eigenvalue weighted by atomic mass is 10.3. The summed E-state index contributed by atoms with van der Waals surface area (Å²) in [5, 5.41) is 0. The van der Waals surface area contributed by atoms with Crippen molar-refractivity contribution in [3.63, 3.8) is 0 Å². The minimum atomic E-state index is 1.26. The van der Waals surface area contributed by atoms with Gasteiger partial charge in [-0.3, -0.25) is 0 Å². The van der Waals surface area contributed by atoms with Gasteiger partial charge in [0.1, 0.15) is 0 Å². The van der Waals surface area contributed by atoms with Crippen molar-refractivity contribution in [1.29, 1.82) is 0 Å². The molecular weight excluding hydrogens is 112 g/mol. The van der Waals surface area contributed by atoms with E-state index in [4.69, 9.17) is 0 Å². The number of hydrogen-bond acceptors (Lipinski definition) is 0. The van der Waals surface area contributed by atoms with Crippen molar-refractivity contribution < 1.29 is 0 Å². The molecule has 0 rings (SSSR count). The maximum absolute atomic E-state index is 3.26. The molecule has 0 aromatic heterocycles. The Morgan fingerprint density at radius 3 is 2.00 bits per heavy atom. The van der Waals surface area contributed by atoms with Crippen LogP contribution in [0.25, 0.3) is 0 Å². The largest absolute Gasteiger partial charge is 0.124 e.